The van der Waals surface area contributed by atoms with E-state index in [1.54, 1.807) is 0 Å². The molecule has 0 saturated carbocycles. The van der Waals surface area contributed by atoms with Gasteiger partial charge in [0.1, 0.15) is 0 Å². The first-order valence-corrected chi connectivity index (χ1v) is 6.42. The van der Waals surface area contributed by atoms with E-state index in [1.807, 2.05) is 24.4 Å². The fourth-order valence-electron chi connectivity index (χ4n) is 1.89. The van der Waals surface area contributed by atoms with Crippen LogP contribution >= 0.6 is 0 Å². The number of pyridine rings is 1. The molecule has 1 heterocycles. The molecule has 0 saturated heterocycles. The van der Waals surface area contributed by atoms with Gasteiger partial charge in [0.15, 0.2) is 0 Å². The maximum Gasteiger partial charge on any atom is 0.0570 e. The van der Waals surface area contributed by atoms with E-state index in [4.69, 9.17) is 0 Å². The molecule has 0 spiro atoms. The van der Waals surface area contributed by atoms with Gasteiger partial charge in [0.25, 0.3) is 0 Å². The van der Waals surface area contributed by atoms with Gasteiger partial charge < -0.3 is 10.4 Å². The van der Waals surface area contributed by atoms with E-state index in [1.165, 1.54) is 0 Å². The fraction of sp³-hybridized carbons (Fsp3) is 0.643. The Morgan fingerprint density at radius 2 is 2.06 bits per heavy atom. The van der Waals surface area contributed by atoms with Gasteiger partial charge in [-0.1, -0.05) is 19.9 Å². The largest absolute Gasteiger partial charge is 0.396 e. The highest BCUT2D eigenvalue weighted by atomic mass is 16.3. The molecular weight excluding hydrogens is 212 g/mol. The minimum absolute atomic E-state index is 0.00302. The summed E-state index contributed by atoms with van der Waals surface area (Å²) in [7, 11) is 0. The molecule has 1 rings (SSSR count). The van der Waals surface area contributed by atoms with Gasteiger partial charge in [-0.05, 0) is 31.9 Å². The predicted molar refractivity (Wildman–Crippen MR) is 70.8 cm³/mol. The Hall–Kier alpha value is -0.930. The first kappa shape index (κ1) is 14.1. The molecule has 0 fully saturated rings. The average molecular weight is 236 g/mol. The van der Waals surface area contributed by atoms with Gasteiger partial charge >= 0.3 is 0 Å². The lowest BCUT2D eigenvalue weighted by Crippen LogP contribution is -2.37. The molecule has 1 aromatic heterocycles. The molecule has 0 radical (unpaired) electrons. The Bertz CT molecular complexity index is 301. The number of aliphatic hydroxyl groups is 1. The molecule has 0 aliphatic carbocycles. The second-order valence-corrected chi connectivity index (χ2v) is 4.72. The minimum Gasteiger partial charge on any atom is -0.396 e. The highest BCUT2D eigenvalue weighted by Gasteiger charge is 2.25. The summed E-state index contributed by atoms with van der Waals surface area (Å²) in [5, 5.41) is 13.0. The van der Waals surface area contributed by atoms with Crippen molar-refractivity contribution in [3.63, 3.8) is 0 Å². The molecule has 1 atom stereocenters. The van der Waals surface area contributed by atoms with Crippen molar-refractivity contribution in [3.8, 4) is 0 Å². The summed E-state index contributed by atoms with van der Waals surface area (Å²) >= 11 is 0. The first-order valence-electron chi connectivity index (χ1n) is 6.42. The van der Waals surface area contributed by atoms with Crippen LogP contribution in [-0.2, 0) is 0 Å². The van der Waals surface area contributed by atoms with Gasteiger partial charge in [0.2, 0.25) is 0 Å². The molecule has 0 bridgehead atoms. The molecule has 0 amide bonds. The second kappa shape index (κ2) is 6.72. The van der Waals surface area contributed by atoms with Crippen LogP contribution in [0.3, 0.4) is 0 Å². The van der Waals surface area contributed by atoms with Crippen molar-refractivity contribution in [2.24, 2.45) is 5.41 Å². The van der Waals surface area contributed by atoms with Crippen molar-refractivity contribution in [2.75, 3.05) is 13.2 Å². The molecule has 0 unspecified atom stereocenters. The summed E-state index contributed by atoms with van der Waals surface area (Å²) in [6.07, 6.45) is 3.79. The Labute approximate surface area is 104 Å². The number of hydrogen-bond donors (Lipinski definition) is 2. The maximum absolute atomic E-state index is 9.50. The lowest BCUT2D eigenvalue weighted by Gasteiger charge is -2.31. The molecule has 96 valence electrons. The lowest BCUT2D eigenvalue weighted by atomic mass is 9.83. The topological polar surface area (TPSA) is 45.1 Å². The molecule has 1 aromatic rings. The number of nitrogens with zero attached hydrogens (tertiary/aromatic N) is 1. The van der Waals surface area contributed by atoms with Crippen molar-refractivity contribution in [3.05, 3.63) is 30.1 Å². The lowest BCUT2D eigenvalue weighted by molar-refractivity contribution is 0.110. The molecule has 0 aliphatic heterocycles. The zero-order valence-electron chi connectivity index (χ0n) is 11.1. The van der Waals surface area contributed by atoms with Crippen LogP contribution in [0.2, 0.25) is 0 Å². The van der Waals surface area contributed by atoms with E-state index in [-0.39, 0.29) is 18.1 Å². The Morgan fingerprint density at radius 3 is 2.53 bits per heavy atom. The SMILES string of the molecule is CCC(CC)(CO)CN[C@H](C)c1ccccn1. The fourth-order valence-corrected chi connectivity index (χ4v) is 1.89. The van der Waals surface area contributed by atoms with Crippen molar-refractivity contribution in [1.29, 1.82) is 0 Å². The third-order valence-corrected chi connectivity index (χ3v) is 3.75. The van der Waals surface area contributed by atoms with Crippen molar-refractivity contribution < 1.29 is 5.11 Å². The van der Waals surface area contributed by atoms with Crippen LogP contribution in [-0.4, -0.2) is 23.2 Å². The van der Waals surface area contributed by atoms with Crippen LogP contribution in [0.25, 0.3) is 0 Å². The second-order valence-electron chi connectivity index (χ2n) is 4.72. The van der Waals surface area contributed by atoms with Crippen molar-refractivity contribution in [2.45, 2.75) is 39.7 Å². The van der Waals surface area contributed by atoms with E-state index in [2.05, 4.69) is 31.1 Å². The molecular formula is C14H24N2O. The van der Waals surface area contributed by atoms with Gasteiger partial charge in [-0.25, -0.2) is 0 Å². The molecule has 3 nitrogen and oxygen atoms in total. The zero-order valence-corrected chi connectivity index (χ0v) is 11.1. The number of hydrogen-bond acceptors (Lipinski definition) is 3. The minimum atomic E-state index is 0.00302. The zero-order chi connectivity index (χ0) is 12.7. The number of rotatable bonds is 7. The van der Waals surface area contributed by atoms with Crippen LogP contribution in [0.4, 0.5) is 0 Å². The smallest absolute Gasteiger partial charge is 0.0570 e. The summed E-state index contributed by atoms with van der Waals surface area (Å²) in [6.45, 7) is 7.44. The number of aliphatic hydroxyl groups excluding tert-OH is 1. The maximum atomic E-state index is 9.50. The Balaban J connectivity index is 2.55. The quantitative estimate of drug-likeness (QED) is 0.764. The molecule has 3 heteroatoms. The third-order valence-electron chi connectivity index (χ3n) is 3.75. The van der Waals surface area contributed by atoms with Gasteiger partial charge in [-0.15, -0.1) is 0 Å². The highest BCUT2D eigenvalue weighted by molar-refractivity contribution is 5.07. The summed E-state index contributed by atoms with van der Waals surface area (Å²) in [6, 6.07) is 6.17. The molecule has 17 heavy (non-hydrogen) atoms. The van der Waals surface area contributed by atoms with Crippen LogP contribution in [0, 0.1) is 5.41 Å². The Kier molecular flexibility index (Phi) is 5.59. The molecule has 0 aromatic carbocycles. The van der Waals surface area contributed by atoms with Gasteiger partial charge in [-0.2, -0.15) is 0 Å². The predicted octanol–water partition coefficient (Wildman–Crippen LogP) is 2.53. The Morgan fingerprint density at radius 1 is 1.35 bits per heavy atom. The van der Waals surface area contributed by atoms with Crippen LogP contribution in [0.1, 0.15) is 45.3 Å². The summed E-state index contributed by atoms with van der Waals surface area (Å²) in [5.74, 6) is 0. The van der Waals surface area contributed by atoms with E-state index >= 15 is 0 Å². The highest BCUT2D eigenvalue weighted by Crippen LogP contribution is 2.25. The van der Waals surface area contributed by atoms with E-state index < -0.39 is 0 Å². The van der Waals surface area contributed by atoms with E-state index in [0.717, 1.165) is 25.1 Å². The standard InChI is InChI=1S/C14H24N2O/c1-4-14(5-2,11-17)10-16-12(3)13-8-6-7-9-15-13/h6-9,12,16-17H,4-5,10-11H2,1-3H3/t12-/m1/s1. The molecule has 0 aliphatic rings. The first-order chi connectivity index (χ1) is 8.17. The number of nitrogens with one attached hydrogen (secondary N) is 1. The van der Waals surface area contributed by atoms with Gasteiger partial charge in [-0.3, -0.25) is 4.98 Å². The van der Waals surface area contributed by atoms with Crippen LogP contribution in [0.5, 0.6) is 0 Å². The summed E-state index contributed by atoms with van der Waals surface area (Å²) < 4.78 is 0. The normalized spacial score (nSPS) is 13.6. The summed E-state index contributed by atoms with van der Waals surface area (Å²) in [4.78, 5) is 4.33. The van der Waals surface area contributed by atoms with E-state index in [0.29, 0.717) is 0 Å². The van der Waals surface area contributed by atoms with Crippen molar-refractivity contribution in [1.82, 2.24) is 10.3 Å². The van der Waals surface area contributed by atoms with Crippen LogP contribution < -0.4 is 5.32 Å². The average Bonchev–Trinajstić information content (AvgIpc) is 2.41. The summed E-state index contributed by atoms with van der Waals surface area (Å²) in [5.41, 5.74) is 1.05. The van der Waals surface area contributed by atoms with Gasteiger partial charge in [0.05, 0.1) is 5.69 Å². The van der Waals surface area contributed by atoms with E-state index in [9.17, 15) is 5.11 Å². The monoisotopic (exact) mass is 236 g/mol. The number of aromatic nitrogens is 1. The van der Waals surface area contributed by atoms with Gasteiger partial charge in [0, 0.05) is 30.8 Å². The molecule has 2 N–H and O–H groups in total. The van der Waals surface area contributed by atoms with Crippen LogP contribution in [0.15, 0.2) is 24.4 Å². The van der Waals surface area contributed by atoms with Crippen molar-refractivity contribution >= 4 is 0 Å². The third kappa shape index (κ3) is 3.79.